The van der Waals surface area contributed by atoms with E-state index in [4.69, 9.17) is 5.73 Å². The Kier molecular flexibility index (Phi) is 3.99. The molecule has 0 aliphatic carbocycles. The fourth-order valence-electron chi connectivity index (χ4n) is 1.80. The van der Waals surface area contributed by atoms with Crippen LogP contribution in [0.2, 0.25) is 0 Å². The van der Waals surface area contributed by atoms with Crippen molar-refractivity contribution in [3.63, 3.8) is 0 Å². The Balaban J connectivity index is 2.21. The number of carbonyl (C=O) groups is 1. The lowest BCUT2D eigenvalue weighted by Crippen LogP contribution is -2.45. The van der Waals surface area contributed by atoms with Crippen LogP contribution in [-0.2, 0) is 0 Å². The molecule has 0 saturated carbocycles. The molecule has 0 aliphatic rings. The highest BCUT2D eigenvalue weighted by Crippen LogP contribution is 2.06. The summed E-state index contributed by atoms with van der Waals surface area (Å²) >= 11 is 0. The van der Waals surface area contributed by atoms with Gasteiger partial charge in [-0.25, -0.2) is 4.68 Å². The Morgan fingerprint density at radius 3 is 2.52 bits per heavy atom. The van der Waals surface area contributed by atoms with E-state index >= 15 is 0 Å². The summed E-state index contributed by atoms with van der Waals surface area (Å²) in [4.78, 5) is 24.0. The first-order valence-electron chi connectivity index (χ1n) is 6.72. The van der Waals surface area contributed by atoms with E-state index in [0.717, 1.165) is 5.56 Å². The summed E-state index contributed by atoms with van der Waals surface area (Å²) in [5.41, 5.74) is 7.02. The number of aromatic amines is 1. The molecular formula is C15H20N4O2. The Bertz CT molecular complexity index is 690. The molecular weight excluding hydrogens is 268 g/mol. The summed E-state index contributed by atoms with van der Waals surface area (Å²) < 4.78 is 1.34. The average Bonchev–Trinajstić information content (AvgIpc) is 2.78. The number of carbonyl (C=O) groups excluding carboxylic acids is 1. The predicted molar refractivity (Wildman–Crippen MR) is 81.7 cm³/mol. The smallest absolute Gasteiger partial charge is 0.271 e. The Morgan fingerprint density at radius 2 is 1.95 bits per heavy atom. The standard InChI is InChI=1S/C15H20N4O2/c1-10-4-6-11(7-5-10)19-13(20)8-12(18-19)14(21)17-9-15(2,3)16/h4-8,18H,9,16H2,1-3H3,(H,17,21). The minimum absolute atomic E-state index is 0.213. The average molecular weight is 288 g/mol. The van der Waals surface area contributed by atoms with Crippen LogP contribution < -0.4 is 16.6 Å². The number of nitrogens with two attached hydrogens (primary N) is 1. The molecule has 2 rings (SSSR count). The number of hydrogen-bond acceptors (Lipinski definition) is 3. The van der Waals surface area contributed by atoms with Crippen LogP contribution in [0.5, 0.6) is 0 Å². The van der Waals surface area contributed by atoms with Crippen LogP contribution in [0.25, 0.3) is 5.69 Å². The number of aryl methyl sites for hydroxylation is 1. The fourth-order valence-corrected chi connectivity index (χ4v) is 1.80. The number of aromatic nitrogens is 2. The number of nitrogens with one attached hydrogen (secondary N) is 2. The summed E-state index contributed by atoms with van der Waals surface area (Å²) in [6.07, 6.45) is 0. The van der Waals surface area contributed by atoms with E-state index < -0.39 is 5.54 Å². The molecule has 2 aromatic rings. The molecule has 1 aromatic carbocycles. The molecule has 112 valence electrons. The number of hydrogen-bond donors (Lipinski definition) is 3. The molecule has 1 heterocycles. The van der Waals surface area contributed by atoms with Crippen molar-refractivity contribution >= 4 is 5.91 Å². The van der Waals surface area contributed by atoms with Gasteiger partial charge in [-0.2, -0.15) is 0 Å². The number of nitrogens with zero attached hydrogens (tertiary/aromatic N) is 1. The van der Waals surface area contributed by atoms with Gasteiger partial charge in [0.2, 0.25) is 0 Å². The highest BCUT2D eigenvalue weighted by molar-refractivity contribution is 5.92. The lowest BCUT2D eigenvalue weighted by atomic mass is 10.1. The van der Waals surface area contributed by atoms with Crippen molar-refractivity contribution < 1.29 is 4.79 Å². The predicted octanol–water partition coefficient (Wildman–Crippen LogP) is 0.941. The summed E-state index contributed by atoms with van der Waals surface area (Å²) in [5.74, 6) is -0.350. The second-order valence-corrected chi connectivity index (χ2v) is 5.85. The first-order valence-corrected chi connectivity index (χ1v) is 6.72. The zero-order valence-corrected chi connectivity index (χ0v) is 12.4. The molecule has 0 radical (unpaired) electrons. The largest absolute Gasteiger partial charge is 0.349 e. The van der Waals surface area contributed by atoms with E-state index in [1.807, 2.05) is 45.0 Å². The zero-order valence-electron chi connectivity index (χ0n) is 12.4. The van der Waals surface area contributed by atoms with Crippen LogP contribution >= 0.6 is 0 Å². The number of rotatable bonds is 4. The summed E-state index contributed by atoms with van der Waals surface area (Å²) in [7, 11) is 0. The van der Waals surface area contributed by atoms with E-state index in [0.29, 0.717) is 12.2 Å². The van der Waals surface area contributed by atoms with Gasteiger partial charge in [0.15, 0.2) is 0 Å². The van der Waals surface area contributed by atoms with Crippen LogP contribution in [0.4, 0.5) is 0 Å². The van der Waals surface area contributed by atoms with Crippen LogP contribution in [0.15, 0.2) is 35.1 Å². The SMILES string of the molecule is Cc1ccc(-n2[nH]c(C(=O)NCC(C)(C)N)cc2=O)cc1. The normalized spacial score (nSPS) is 11.4. The molecule has 21 heavy (non-hydrogen) atoms. The molecule has 0 unspecified atom stereocenters. The molecule has 6 heteroatoms. The van der Waals surface area contributed by atoms with Gasteiger partial charge in [-0.1, -0.05) is 17.7 Å². The molecule has 0 aliphatic heterocycles. The van der Waals surface area contributed by atoms with E-state index in [2.05, 4.69) is 10.4 Å². The second-order valence-electron chi connectivity index (χ2n) is 5.85. The molecule has 0 atom stereocenters. The van der Waals surface area contributed by atoms with Gasteiger partial charge in [-0.3, -0.25) is 14.7 Å². The van der Waals surface area contributed by atoms with Gasteiger partial charge in [0.1, 0.15) is 5.69 Å². The fraction of sp³-hybridized carbons (Fsp3) is 0.333. The van der Waals surface area contributed by atoms with E-state index in [1.165, 1.54) is 10.7 Å². The third kappa shape index (κ3) is 3.82. The molecule has 6 nitrogen and oxygen atoms in total. The first-order chi connectivity index (χ1) is 9.76. The highest BCUT2D eigenvalue weighted by atomic mass is 16.2. The number of benzene rings is 1. The van der Waals surface area contributed by atoms with Crippen molar-refractivity contribution in [1.29, 1.82) is 0 Å². The molecule has 0 spiro atoms. The Labute approximate surface area is 122 Å². The van der Waals surface area contributed by atoms with Crippen molar-refractivity contribution in [2.24, 2.45) is 5.73 Å². The topological polar surface area (TPSA) is 92.9 Å². The Hall–Kier alpha value is -2.34. The zero-order chi connectivity index (χ0) is 15.6. The highest BCUT2D eigenvalue weighted by Gasteiger charge is 2.16. The van der Waals surface area contributed by atoms with Crippen LogP contribution in [-0.4, -0.2) is 27.8 Å². The minimum Gasteiger partial charge on any atom is -0.349 e. The lowest BCUT2D eigenvalue weighted by Gasteiger charge is -2.18. The van der Waals surface area contributed by atoms with Gasteiger partial charge in [0, 0.05) is 18.2 Å². The third-order valence-electron chi connectivity index (χ3n) is 2.96. The third-order valence-corrected chi connectivity index (χ3v) is 2.96. The molecule has 0 saturated heterocycles. The van der Waals surface area contributed by atoms with Gasteiger partial charge >= 0.3 is 0 Å². The molecule has 1 amide bonds. The van der Waals surface area contributed by atoms with E-state index in [1.54, 1.807) is 0 Å². The van der Waals surface area contributed by atoms with E-state index in [-0.39, 0.29) is 17.2 Å². The quantitative estimate of drug-likeness (QED) is 0.781. The lowest BCUT2D eigenvalue weighted by molar-refractivity contribution is 0.0940. The minimum atomic E-state index is -0.504. The second kappa shape index (κ2) is 5.57. The first kappa shape index (κ1) is 15.1. The maximum atomic E-state index is 12.0. The van der Waals surface area contributed by atoms with Gasteiger partial charge in [-0.15, -0.1) is 0 Å². The number of amides is 1. The molecule has 1 aromatic heterocycles. The van der Waals surface area contributed by atoms with Gasteiger partial charge in [0.05, 0.1) is 5.69 Å². The van der Waals surface area contributed by atoms with Crippen molar-refractivity contribution in [2.75, 3.05) is 6.54 Å². The van der Waals surface area contributed by atoms with Gasteiger partial charge in [-0.05, 0) is 32.9 Å². The van der Waals surface area contributed by atoms with Crippen molar-refractivity contribution in [1.82, 2.24) is 15.1 Å². The van der Waals surface area contributed by atoms with Crippen LogP contribution in [0.3, 0.4) is 0 Å². The number of H-pyrrole nitrogens is 1. The summed E-state index contributed by atoms with van der Waals surface area (Å²) in [6, 6.07) is 8.72. The van der Waals surface area contributed by atoms with Gasteiger partial charge in [0.25, 0.3) is 11.5 Å². The van der Waals surface area contributed by atoms with Crippen molar-refractivity contribution in [3.05, 3.63) is 51.9 Å². The summed E-state index contributed by atoms with van der Waals surface area (Å²) in [5, 5.41) is 5.50. The molecule has 0 fully saturated rings. The maximum Gasteiger partial charge on any atom is 0.271 e. The summed E-state index contributed by atoms with van der Waals surface area (Å²) in [6.45, 7) is 5.92. The molecule has 4 N–H and O–H groups in total. The monoisotopic (exact) mass is 288 g/mol. The van der Waals surface area contributed by atoms with Crippen molar-refractivity contribution in [2.45, 2.75) is 26.3 Å². The van der Waals surface area contributed by atoms with Crippen LogP contribution in [0, 0.1) is 6.92 Å². The van der Waals surface area contributed by atoms with Crippen molar-refractivity contribution in [3.8, 4) is 5.69 Å². The Morgan fingerprint density at radius 1 is 1.33 bits per heavy atom. The maximum absolute atomic E-state index is 12.0. The van der Waals surface area contributed by atoms with E-state index in [9.17, 15) is 9.59 Å². The van der Waals surface area contributed by atoms with Gasteiger partial charge < -0.3 is 11.1 Å². The molecule has 0 bridgehead atoms. The van der Waals surface area contributed by atoms with Crippen LogP contribution in [0.1, 0.15) is 29.9 Å².